The lowest BCUT2D eigenvalue weighted by Gasteiger charge is -2.21. The summed E-state index contributed by atoms with van der Waals surface area (Å²) >= 11 is 0. The minimum atomic E-state index is -0.292. The number of amides is 1. The SMILES string of the molecule is COc1cccc(C2CC(c3ccco3)=NN2C(=O)c2ccco2)c1. The molecule has 0 saturated heterocycles. The van der Waals surface area contributed by atoms with Crippen LogP contribution in [0.5, 0.6) is 5.75 Å². The van der Waals surface area contributed by atoms with E-state index in [1.165, 1.54) is 11.3 Å². The molecule has 2 aromatic heterocycles. The molecule has 1 atom stereocenters. The summed E-state index contributed by atoms with van der Waals surface area (Å²) in [5, 5.41) is 5.96. The lowest BCUT2D eigenvalue weighted by Crippen LogP contribution is -2.26. The van der Waals surface area contributed by atoms with E-state index in [0.717, 1.165) is 17.0 Å². The first kappa shape index (κ1) is 15.3. The summed E-state index contributed by atoms with van der Waals surface area (Å²) in [4.78, 5) is 12.8. The van der Waals surface area contributed by atoms with Crippen LogP contribution in [0.1, 0.15) is 34.3 Å². The van der Waals surface area contributed by atoms with E-state index in [1.54, 1.807) is 31.6 Å². The topological polar surface area (TPSA) is 68.2 Å². The van der Waals surface area contributed by atoms with Gasteiger partial charge in [0.15, 0.2) is 5.76 Å². The second-order valence-corrected chi connectivity index (χ2v) is 5.65. The predicted molar refractivity (Wildman–Crippen MR) is 90.5 cm³/mol. The van der Waals surface area contributed by atoms with E-state index >= 15 is 0 Å². The van der Waals surface area contributed by atoms with Crippen molar-refractivity contribution in [2.24, 2.45) is 5.10 Å². The molecule has 1 aliphatic rings. The summed E-state index contributed by atoms with van der Waals surface area (Å²) in [6.45, 7) is 0. The first-order valence-electron chi connectivity index (χ1n) is 7.88. The second-order valence-electron chi connectivity index (χ2n) is 5.65. The van der Waals surface area contributed by atoms with Crippen LogP contribution in [-0.4, -0.2) is 23.7 Å². The molecule has 0 fully saturated rings. The van der Waals surface area contributed by atoms with Gasteiger partial charge in [-0.15, -0.1) is 0 Å². The van der Waals surface area contributed by atoms with Crippen LogP contribution in [-0.2, 0) is 0 Å². The van der Waals surface area contributed by atoms with Crippen molar-refractivity contribution in [3.63, 3.8) is 0 Å². The highest BCUT2D eigenvalue weighted by atomic mass is 16.5. The number of furan rings is 2. The Hall–Kier alpha value is -3.28. The number of carbonyl (C=O) groups is 1. The molecule has 0 N–H and O–H groups in total. The molecule has 0 spiro atoms. The number of hydrazone groups is 1. The zero-order valence-electron chi connectivity index (χ0n) is 13.6. The normalized spacial score (nSPS) is 16.8. The maximum atomic E-state index is 12.8. The number of ether oxygens (including phenoxy) is 1. The highest BCUT2D eigenvalue weighted by Crippen LogP contribution is 2.35. The highest BCUT2D eigenvalue weighted by Gasteiger charge is 2.35. The smallest absolute Gasteiger partial charge is 0.310 e. The predicted octanol–water partition coefficient (Wildman–Crippen LogP) is 3.87. The molecule has 0 aliphatic carbocycles. The molecule has 126 valence electrons. The number of methoxy groups -OCH3 is 1. The lowest BCUT2D eigenvalue weighted by atomic mass is 10.0. The van der Waals surface area contributed by atoms with Gasteiger partial charge >= 0.3 is 5.91 Å². The number of nitrogens with zero attached hydrogens (tertiary/aromatic N) is 2. The van der Waals surface area contributed by atoms with Crippen molar-refractivity contribution in [1.29, 1.82) is 0 Å². The Kier molecular flexibility index (Phi) is 3.85. The van der Waals surface area contributed by atoms with Gasteiger partial charge in [-0.2, -0.15) is 5.10 Å². The quantitative estimate of drug-likeness (QED) is 0.725. The summed E-state index contributed by atoms with van der Waals surface area (Å²) in [6.07, 6.45) is 3.61. The van der Waals surface area contributed by atoms with Gasteiger partial charge in [-0.25, -0.2) is 5.01 Å². The fourth-order valence-corrected chi connectivity index (χ4v) is 2.91. The minimum absolute atomic E-state index is 0.248. The number of carbonyl (C=O) groups excluding carboxylic acids is 1. The van der Waals surface area contributed by atoms with Crippen molar-refractivity contribution in [1.82, 2.24) is 5.01 Å². The van der Waals surface area contributed by atoms with Crippen LogP contribution in [0.15, 0.2) is 75.0 Å². The van der Waals surface area contributed by atoms with E-state index in [4.69, 9.17) is 13.6 Å². The number of hydrogen-bond donors (Lipinski definition) is 0. The zero-order chi connectivity index (χ0) is 17.2. The number of benzene rings is 1. The first-order chi connectivity index (χ1) is 12.3. The van der Waals surface area contributed by atoms with Gasteiger partial charge in [-0.1, -0.05) is 12.1 Å². The third-order valence-corrected chi connectivity index (χ3v) is 4.13. The maximum Gasteiger partial charge on any atom is 0.310 e. The summed E-state index contributed by atoms with van der Waals surface area (Å²) in [6, 6.07) is 14.3. The standard InChI is InChI=1S/C19H16N2O4/c1-23-14-6-2-5-13(11-14)16-12-15(17-7-3-9-24-17)20-21(16)19(22)18-8-4-10-25-18/h2-11,16H,12H2,1H3. The van der Waals surface area contributed by atoms with Gasteiger partial charge in [0.2, 0.25) is 0 Å². The van der Waals surface area contributed by atoms with E-state index in [2.05, 4.69) is 5.10 Å². The van der Waals surface area contributed by atoms with Gasteiger partial charge < -0.3 is 13.6 Å². The van der Waals surface area contributed by atoms with E-state index < -0.39 is 0 Å². The average molecular weight is 336 g/mol. The Morgan fingerprint density at radius 1 is 1.16 bits per heavy atom. The Bertz CT molecular complexity index is 897. The monoisotopic (exact) mass is 336 g/mol. The second kappa shape index (κ2) is 6.32. The van der Waals surface area contributed by atoms with Gasteiger partial charge in [0.25, 0.3) is 0 Å². The molecule has 3 aromatic rings. The third-order valence-electron chi connectivity index (χ3n) is 4.13. The Morgan fingerprint density at radius 2 is 2.00 bits per heavy atom. The summed E-state index contributed by atoms with van der Waals surface area (Å²) in [5.41, 5.74) is 1.65. The molecule has 1 aliphatic heterocycles. The van der Waals surface area contributed by atoms with E-state index in [9.17, 15) is 4.79 Å². The molecule has 6 nitrogen and oxygen atoms in total. The molecule has 1 amide bonds. The molecule has 0 radical (unpaired) electrons. The van der Waals surface area contributed by atoms with Crippen LogP contribution in [0.4, 0.5) is 0 Å². The maximum absolute atomic E-state index is 12.8. The Balaban J connectivity index is 1.72. The van der Waals surface area contributed by atoms with Crippen LogP contribution in [0.25, 0.3) is 0 Å². The Labute approximate surface area is 144 Å². The Morgan fingerprint density at radius 3 is 2.72 bits per heavy atom. The molecule has 1 unspecified atom stereocenters. The largest absolute Gasteiger partial charge is 0.497 e. The molecule has 25 heavy (non-hydrogen) atoms. The van der Waals surface area contributed by atoms with Crippen molar-refractivity contribution in [3.05, 3.63) is 78.1 Å². The number of hydrogen-bond acceptors (Lipinski definition) is 5. The molecular formula is C19H16N2O4. The molecule has 0 bridgehead atoms. The van der Waals surface area contributed by atoms with Crippen molar-refractivity contribution in [3.8, 4) is 5.75 Å². The van der Waals surface area contributed by atoms with Gasteiger partial charge in [0.1, 0.15) is 17.2 Å². The van der Waals surface area contributed by atoms with Crippen molar-refractivity contribution >= 4 is 11.6 Å². The zero-order valence-corrected chi connectivity index (χ0v) is 13.6. The van der Waals surface area contributed by atoms with Crippen LogP contribution >= 0.6 is 0 Å². The van der Waals surface area contributed by atoms with Crippen LogP contribution in [0.3, 0.4) is 0 Å². The fraction of sp³-hybridized carbons (Fsp3) is 0.158. The van der Waals surface area contributed by atoms with Crippen molar-refractivity contribution in [2.75, 3.05) is 7.11 Å². The molecule has 0 saturated carbocycles. The lowest BCUT2D eigenvalue weighted by molar-refractivity contribution is 0.0678. The molecule has 3 heterocycles. The molecular weight excluding hydrogens is 320 g/mol. The highest BCUT2D eigenvalue weighted by molar-refractivity contribution is 6.02. The van der Waals surface area contributed by atoms with Gasteiger partial charge in [-0.05, 0) is 42.0 Å². The minimum Gasteiger partial charge on any atom is -0.497 e. The fourth-order valence-electron chi connectivity index (χ4n) is 2.91. The molecule has 4 rings (SSSR count). The van der Waals surface area contributed by atoms with E-state index in [-0.39, 0.29) is 17.7 Å². The van der Waals surface area contributed by atoms with Crippen LogP contribution < -0.4 is 4.74 Å². The molecule has 6 heteroatoms. The van der Waals surface area contributed by atoms with Gasteiger partial charge in [0.05, 0.1) is 25.7 Å². The van der Waals surface area contributed by atoms with Crippen LogP contribution in [0, 0.1) is 0 Å². The first-order valence-corrected chi connectivity index (χ1v) is 7.88. The summed E-state index contributed by atoms with van der Waals surface area (Å²) in [7, 11) is 1.62. The van der Waals surface area contributed by atoms with Gasteiger partial charge in [-0.3, -0.25) is 4.79 Å². The van der Waals surface area contributed by atoms with E-state index in [1.807, 2.05) is 30.3 Å². The van der Waals surface area contributed by atoms with Gasteiger partial charge in [0, 0.05) is 6.42 Å². The summed E-state index contributed by atoms with van der Waals surface area (Å²) < 4.78 is 16.0. The third kappa shape index (κ3) is 2.82. The molecule has 1 aromatic carbocycles. The van der Waals surface area contributed by atoms with E-state index in [0.29, 0.717) is 12.2 Å². The van der Waals surface area contributed by atoms with Crippen molar-refractivity contribution in [2.45, 2.75) is 12.5 Å². The summed E-state index contributed by atoms with van der Waals surface area (Å²) in [5.74, 6) is 1.34. The average Bonchev–Trinajstić information content (AvgIpc) is 3.42. The van der Waals surface area contributed by atoms with Crippen LogP contribution in [0.2, 0.25) is 0 Å². The number of rotatable bonds is 4. The van der Waals surface area contributed by atoms with Crippen molar-refractivity contribution < 1.29 is 18.4 Å².